The normalized spacial score (nSPS) is 10.3. The molecule has 0 bridgehead atoms. The Hall–Kier alpha value is -0.320. The Labute approximate surface area is 101 Å². The van der Waals surface area contributed by atoms with Gasteiger partial charge >= 0.3 is 0 Å². The summed E-state index contributed by atoms with van der Waals surface area (Å²) in [7, 11) is 1.68. The van der Waals surface area contributed by atoms with Crippen molar-refractivity contribution in [3.8, 4) is 5.75 Å². The predicted octanol–water partition coefficient (Wildman–Crippen LogP) is 2.73. The van der Waals surface area contributed by atoms with E-state index in [2.05, 4.69) is 18.7 Å². The molecule has 0 saturated carbocycles. The van der Waals surface area contributed by atoms with Gasteiger partial charge in [0, 0.05) is 16.4 Å². The van der Waals surface area contributed by atoms with E-state index in [0.29, 0.717) is 0 Å². The van der Waals surface area contributed by atoms with E-state index < -0.39 is 0 Å². The van der Waals surface area contributed by atoms with Gasteiger partial charge in [-0.05, 0) is 18.2 Å². The van der Waals surface area contributed by atoms with E-state index in [-0.39, 0.29) is 0 Å². The Morgan fingerprint density at radius 3 is 2.93 bits per heavy atom. The highest BCUT2D eigenvalue weighted by atomic mass is 32.2. The van der Waals surface area contributed by atoms with Gasteiger partial charge in [0.1, 0.15) is 5.75 Å². The Morgan fingerprint density at radius 2 is 2.20 bits per heavy atom. The van der Waals surface area contributed by atoms with Crippen molar-refractivity contribution >= 4 is 24.4 Å². The van der Waals surface area contributed by atoms with Crippen molar-refractivity contribution < 1.29 is 9.47 Å². The van der Waals surface area contributed by atoms with Crippen LogP contribution in [-0.4, -0.2) is 31.8 Å². The molecule has 2 nitrogen and oxygen atoms in total. The van der Waals surface area contributed by atoms with Gasteiger partial charge in [-0.2, -0.15) is 12.6 Å². The summed E-state index contributed by atoms with van der Waals surface area (Å²) < 4.78 is 10.5. The van der Waals surface area contributed by atoms with Crippen LogP contribution in [0.1, 0.15) is 0 Å². The van der Waals surface area contributed by atoms with Gasteiger partial charge in [-0.3, -0.25) is 0 Å². The van der Waals surface area contributed by atoms with Gasteiger partial charge in [0.2, 0.25) is 0 Å². The van der Waals surface area contributed by atoms with Gasteiger partial charge in [-0.1, -0.05) is 6.07 Å². The van der Waals surface area contributed by atoms with E-state index >= 15 is 0 Å². The zero-order chi connectivity index (χ0) is 10.9. The van der Waals surface area contributed by atoms with Crippen molar-refractivity contribution in [3.63, 3.8) is 0 Å². The number of thiol groups is 1. The van der Waals surface area contributed by atoms with Gasteiger partial charge in [-0.25, -0.2) is 0 Å². The molecule has 0 saturated heterocycles. The number of benzene rings is 1. The van der Waals surface area contributed by atoms with Crippen LogP contribution in [0, 0.1) is 0 Å². The van der Waals surface area contributed by atoms with E-state index in [1.165, 1.54) is 4.90 Å². The van der Waals surface area contributed by atoms with Crippen molar-refractivity contribution in [2.75, 3.05) is 31.8 Å². The second-order valence-corrected chi connectivity index (χ2v) is 4.48. The molecule has 0 atom stereocenters. The third-order valence-electron chi connectivity index (χ3n) is 1.77. The fraction of sp³-hybridized carbons (Fsp3) is 0.455. The first kappa shape index (κ1) is 12.7. The van der Waals surface area contributed by atoms with E-state index in [1.807, 2.05) is 18.2 Å². The molecule has 1 aromatic rings. The lowest BCUT2D eigenvalue weighted by molar-refractivity contribution is 0.167. The average molecular weight is 244 g/mol. The molecule has 0 spiro atoms. The maximum absolute atomic E-state index is 5.33. The molecule has 0 heterocycles. The summed E-state index contributed by atoms with van der Waals surface area (Å²) in [5.74, 6) is 2.64. The average Bonchev–Trinajstić information content (AvgIpc) is 2.29. The van der Waals surface area contributed by atoms with Crippen LogP contribution >= 0.6 is 24.4 Å². The molecule has 84 valence electrons. The summed E-state index contributed by atoms with van der Waals surface area (Å²) in [5, 5.41) is 0. The van der Waals surface area contributed by atoms with Crippen LogP contribution in [0.5, 0.6) is 5.75 Å². The van der Waals surface area contributed by atoms with E-state index in [1.54, 1.807) is 18.9 Å². The quantitative estimate of drug-likeness (QED) is 0.452. The minimum absolute atomic E-state index is 0.724. The Balaban J connectivity index is 2.24. The Kier molecular flexibility index (Phi) is 6.72. The zero-order valence-electron chi connectivity index (χ0n) is 8.81. The number of rotatable bonds is 7. The molecule has 0 aromatic heterocycles. The molecule has 0 amide bonds. The maximum Gasteiger partial charge on any atom is 0.119 e. The lowest BCUT2D eigenvalue weighted by atomic mass is 10.3. The summed E-state index contributed by atoms with van der Waals surface area (Å²) in [6.45, 7) is 1.49. The van der Waals surface area contributed by atoms with Gasteiger partial charge in [0.05, 0.1) is 20.3 Å². The van der Waals surface area contributed by atoms with Crippen molar-refractivity contribution in [1.29, 1.82) is 0 Å². The Morgan fingerprint density at radius 1 is 1.33 bits per heavy atom. The summed E-state index contributed by atoms with van der Waals surface area (Å²) in [6, 6.07) is 8.05. The minimum Gasteiger partial charge on any atom is -0.497 e. The second-order valence-electron chi connectivity index (χ2n) is 2.86. The van der Waals surface area contributed by atoms with Gasteiger partial charge < -0.3 is 9.47 Å². The highest BCUT2D eigenvalue weighted by Gasteiger charge is 1.96. The van der Waals surface area contributed by atoms with Gasteiger partial charge in [-0.15, -0.1) is 11.8 Å². The summed E-state index contributed by atoms with van der Waals surface area (Å²) in [4.78, 5) is 1.21. The molecule has 0 radical (unpaired) electrons. The summed E-state index contributed by atoms with van der Waals surface area (Å²) in [5.41, 5.74) is 0. The topological polar surface area (TPSA) is 18.5 Å². The van der Waals surface area contributed by atoms with E-state index in [9.17, 15) is 0 Å². The highest BCUT2D eigenvalue weighted by molar-refractivity contribution is 7.99. The van der Waals surface area contributed by atoms with Crippen LogP contribution in [0.2, 0.25) is 0 Å². The van der Waals surface area contributed by atoms with Crippen LogP contribution < -0.4 is 4.74 Å². The SMILES string of the molecule is COc1cccc(SCCOCCS)c1. The zero-order valence-corrected chi connectivity index (χ0v) is 10.5. The number of ether oxygens (including phenoxy) is 2. The molecular weight excluding hydrogens is 228 g/mol. The highest BCUT2D eigenvalue weighted by Crippen LogP contribution is 2.22. The van der Waals surface area contributed by atoms with Crippen LogP contribution in [0.3, 0.4) is 0 Å². The van der Waals surface area contributed by atoms with Crippen LogP contribution in [0.25, 0.3) is 0 Å². The second kappa shape index (κ2) is 7.91. The third kappa shape index (κ3) is 5.35. The number of hydrogen-bond acceptors (Lipinski definition) is 4. The maximum atomic E-state index is 5.33. The lowest BCUT2D eigenvalue weighted by Gasteiger charge is -2.04. The van der Waals surface area contributed by atoms with Crippen molar-refractivity contribution in [2.45, 2.75) is 4.90 Å². The minimum atomic E-state index is 0.724. The molecule has 0 fully saturated rings. The summed E-state index contributed by atoms with van der Waals surface area (Å²) in [6.07, 6.45) is 0. The number of thioether (sulfide) groups is 1. The van der Waals surface area contributed by atoms with Gasteiger partial charge in [0.25, 0.3) is 0 Å². The first-order chi connectivity index (χ1) is 7.36. The van der Waals surface area contributed by atoms with Crippen molar-refractivity contribution in [3.05, 3.63) is 24.3 Å². The molecule has 4 heteroatoms. The number of hydrogen-bond donors (Lipinski definition) is 1. The lowest BCUT2D eigenvalue weighted by Crippen LogP contribution is -1.99. The largest absolute Gasteiger partial charge is 0.497 e. The van der Waals surface area contributed by atoms with Crippen LogP contribution in [-0.2, 0) is 4.74 Å². The predicted molar refractivity (Wildman–Crippen MR) is 68.4 cm³/mol. The fourth-order valence-electron chi connectivity index (χ4n) is 1.08. The molecule has 0 aliphatic carbocycles. The first-order valence-corrected chi connectivity index (χ1v) is 6.44. The smallest absolute Gasteiger partial charge is 0.119 e. The molecule has 0 unspecified atom stereocenters. The van der Waals surface area contributed by atoms with Crippen molar-refractivity contribution in [2.24, 2.45) is 0 Å². The van der Waals surface area contributed by atoms with E-state index in [4.69, 9.17) is 9.47 Å². The third-order valence-corrected chi connectivity index (χ3v) is 2.91. The van der Waals surface area contributed by atoms with E-state index in [0.717, 1.165) is 30.5 Å². The number of methoxy groups -OCH3 is 1. The van der Waals surface area contributed by atoms with Crippen molar-refractivity contribution in [1.82, 2.24) is 0 Å². The molecule has 1 rings (SSSR count). The standard InChI is InChI=1S/C11H16O2S2/c1-12-10-3-2-4-11(9-10)15-8-6-13-5-7-14/h2-4,9,14H,5-8H2,1H3. The first-order valence-electron chi connectivity index (χ1n) is 4.82. The molecular formula is C11H16O2S2. The molecule has 1 aromatic carbocycles. The van der Waals surface area contributed by atoms with Crippen LogP contribution in [0.15, 0.2) is 29.2 Å². The van der Waals surface area contributed by atoms with Gasteiger partial charge in [0.15, 0.2) is 0 Å². The monoisotopic (exact) mass is 244 g/mol. The molecule has 0 aliphatic rings. The van der Waals surface area contributed by atoms with Crippen LogP contribution in [0.4, 0.5) is 0 Å². The summed E-state index contributed by atoms with van der Waals surface area (Å²) >= 11 is 5.84. The Bertz CT molecular complexity index is 279. The molecule has 15 heavy (non-hydrogen) atoms. The molecule has 0 N–H and O–H groups in total. The fourth-order valence-corrected chi connectivity index (χ4v) is 2.02. The molecule has 0 aliphatic heterocycles.